The maximum Gasteiger partial charge on any atom is 0.261 e. The first-order chi connectivity index (χ1) is 7.08. The van der Waals surface area contributed by atoms with Gasteiger partial charge in [0.1, 0.15) is 0 Å². The Morgan fingerprint density at radius 2 is 1.93 bits per heavy atom. The van der Waals surface area contributed by atoms with Gasteiger partial charge in [-0.15, -0.1) is 0 Å². The number of anilines is 2. The zero-order valence-electron chi connectivity index (χ0n) is 8.61. The quantitative estimate of drug-likeness (QED) is 0.687. The molecule has 0 spiro atoms. The molecule has 15 heavy (non-hydrogen) atoms. The predicted octanol–water partition coefficient (Wildman–Crippen LogP) is 1.52. The molecular weight excluding hydrogens is 192 g/mol. The van der Waals surface area contributed by atoms with Gasteiger partial charge in [0.2, 0.25) is 0 Å². The molecule has 78 valence electrons. The molecule has 4 N–H and O–H groups in total. The summed E-state index contributed by atoms with van der Waals surface area (Å²) in [5, 5.41) is 3.54. The monoisotopic (exact) mass is 204 g/mol. The number of nitrogen functional groups attached to an aromatic ring is 2. The van der Waals surface area contributed by atoms with Crippen LogP contribution in [0.15, 0.2) is 16.7 Å². The zero-order chi connectivity index (χ0) is 11.0. The van der Waals surface area contributed by atoms with E-state index in [1.807, 2.05) is 19.9 Å². The molecule has 0 aliphatic heterocycles. The van der Waals surface area contributed by atoms with Gasteiger partial charge in [-0.3, -0.25) is 0 Å². The Labute approximate surface area is 87.1 Å². The Kier molecular flexibility index (Phi) is 2.07. The highest BCUT2D eigenvalue weighted by Crippen LogP contribution is 2.27. The summed E-state index contributed by atoms with van der Waals surface area (Å²) in [6.45, 7) is 3.96. The average molecular weight is 204 g/mol. The second-order valence-corrected chi connectivity index (χ2v) is 3.47. The van der Waals surface area contributed by atoms with Crippen LogP contribution in [0.4, 0.5) is 11.6 Å². The first-order valence-corrected chi connectivity index (χ1v) is 4.54. The van der Waals surface area contributed by atoms with Crippen LogP contribution in [-0.4, -0.2) is 10.1 Å². The molecule has 0 atom stereocenters. The third-order valence-electron chi connectivity index (χ3n) is 2.36. The minimum atomic E-state index is 0.129. The fourth-order valence-electron chi connectivity index (χ4n) is 1.45. The molecule has 0 aliphatic rings. The summed E-state index contributed by atoms with van der Waals surface area (Å²) in [4.78, 5) is 3.97. The molecule has 0 aliphatic carbocycles. The Balaban J connectivity index is 2.62. The van der Waals surface area contributed by atoms with Crippen LogP contribution in [0.25, 0.3) is 11.5 Å². The van der Waals surface area contributed by atoms with E-state index < -0.39 is 0 Å². The lowest BCUT2D eigenvalue weighted by Crippen LogP contribution is -1.93. The third-order valence-corrected chi connectivity index (χ3v) is 2.36. The van der Waals surface area contributed by atoms with Crippen LogP contribution in [0.3, 0.4) is 0 Å². The van der Waals surface area contributed by atoms with Crippen LogP contribution in [-0.2, 0) is 0 Å². The van der Waals surface area contributed by atoms with Crippen molar-refractivity contribution < 1.29 is 4.52 Å². The summed E-state index contributed by atoms with van der Waals surface area (Å²) in [5.74, 6) is 0.532. The van der Waals surface area contributed by atoms with Gasteiger partial charge in [0.25, 0.3) is 11.8 Å². The first kappa shape index (κ1) is 9.51. The summed E-state index contributed by atoms with van der Waals surface area (Å²) in [5.41, 5.74) is 14.8. The lowest BCUT2D eigenvalue weighted by molar-refractivity contribution is 0.433. The minimum Gasteiger partial charge on any atom is -0.399 e. The van der Waals surface area contributed by atoms with Crippen molar-refractivity contribution in [3.63, 3.8) is 0 Å². The second-order valence-electron chi connectivity index (χ2n) is 3.47. The predicted molar refractivity (Wildman–Crippen MR) is 58.0 cm³/mol. The number of benzene rings is 1. The van der Waals surface area contributed by atoms with Gasteiger partial charge < -0.3 is 16.0 Å². The molecule has 0 bridgehead atoms. The molecule has 0 amide bonds. The van der Waals surface area contributed by atoms with Gasteiger partial charge in [0.05, 0.1) is 0 Å². The minimum absolute atomic E-state index is 0.129. The largest absolute Gasteiger partial charge is 0.399 e. The maximum absolute atomic E-state index is 5.75. The van der Waals surface area contributed by atoms with Crippen LogP contribution in [0.1, 0.15) is 11.1 Å². The van der Waals surface area contributed by atoms with Gasteiger partial charge in [0.15, 0.2) is 0 Å². The normalized spacial score (nSPS) is 10.5. The Morgan fingerprint density at radius 1 is 1.20 bits per heavy atom. The zero-order valence-corrected chi connectivity index (χ0v) is 8.61. The van der Waals surface area contributed by atoms with Crippen molar-refractivity contribution in [2.45, 2.75) is 13.8 Å². The van der Waals surface area contributed by atoms with E-state index in [4.69, 9.17) is 16.0 Å². The highest BCUT2D eigenvalue weighted by Gasteiger charge is 2.11. The third kappa shape index (κ3) is 1.63. The van der Waals surface area contributed by atoms with Gasteiger partial charge >= 0.3 is 0 Å². The van der Waals surface area contributed by atoms with Gasteiger partial charge in [-0.2, -0.15) is 4.98 Å². The van der Waals surface area contributed by atoms with Crippen LogP contribution in [0.2, 0.25) is 0 Å². The molecule has 0 saturated carbocycles. The van der Waals surface area contributed by atoms with E-state index in [9.17, 15) is 0 Å². The van der Waals surface area contributed by atoms with E-state index in [-0.39, 0.29) is 5.95 Å². The lowest BCUT2D eigenvalue weighted by atomic mass is 10.0. The topological polar surface area (TPSA) is 91.0 Å². The summed E-state index contributed by atoms with van der Waals surface area (Å²) >= 11 is 0. The van der Waals surface area contributed by atoms with E-state index in [0.717, 1.165) is 16.7 Å². The molecule has 1 aromatic carbocycles. The molecule has 5 heteroatoms. The van der Waals surface area contributed by atoms with E-state index >= 15 is 0 Å². The van der Waals surface area contributed by atoms with Gasteiger partial charge in [-0.05, 0) is 42.3 Å². The molecule has 1 heterocycles. The molecular formula is C10H12N4O. The van der Waals surface area contributed by atoms with Gasteiger partial charge in [0, 0.05) is 11.3 Å². The Bertz CT molecular complexity index is 504. The average Bonchev–Trinajstić information content (AvgIpc) is 2.58. The van der Waals surface area contributed by atoms with Crippen molar-refractivity contribution in [3.8, 4) is 11.5 Å². The van der Waals surface area contributed by atoms with E-state index in [0.29, 0.717) is 11.6 Å². The maximum atomic E-state index is 5.75. The molecule has 1 aromatic heterocycles. The number of hydrogen-bond acceptors (Lipinski definition) is 5. The summed E-state index contributed by atoms with van der Waals surface area (Å²) in [7, 11) is 0. The standard InChI is InChI=1S/C10H12N4O/c1-5-3-7(11)4-8(6(5)2)9-13-10(12)14-15-9/h3-4H,11H2,1-2H3,(H2,12,14). The Morgan fingerprint density at radius 3 is 2.53 bits per heavy atom. The van der Waals surface area contributed by atoms with Gasteiger partial charge in [-0.1, -0.05) is 0 Å². The van der Waals surface area contributed by atoms with Crippen molar-refractivity contribution in [1.29, 1.82) is 0 Å². The van der Waals surface area contributed by atoms with E-state index in [1.54, 1.807) is 6.07 Å². The van der Waals surface area contributed by atoms with Crippen LogP contribution < -0.4 is 11.5 Å². The highest BCUT2D eigenvalue weighted by atomic mass is 16.5. The SMILES string of the molecule is Cc1cc(N)cc(-c2nc(N)no2)c1C. The molecule has 0 radical (unpaired) electrons. The van der Waals surface area contributed by atoms with Crippen LogP contribution in [0, 0.1) is 13.8 Å². The van der Waals surface area contributed by atoms with E-state index in [1.165, 1.54) is 0 Å². The molecule has 0 unspecified atom stereocenters. The summed E-state index contributed by atoms with van der Waals surface area (Å²) < 4.78 is 5.00. The lowest BCUT2D eigenvalue weighted by Gasteiger charge is -2.06. The number of aromatic nitrogens is 2. The van der Waals surface area contributed by atoms with Crippen molar-refractivity contribution in [2.75, 3.05) is 11.5 Å². The van der Waals surface area contributed by atoms with Crippen molar-refractivity contribution in [2.24, 2.45) is 0 Å². The highest BCUT2D eigenvalue weighted by molar-refractivity contribution is 5.66. The molecule has 2 rings (SSSR count). The number of rotatable bonds is 1. The number of nitrogens with zero attached hydrogens (tertiary/aromatic N) is 2. The molecule has 0 fully saturated rings. The fraction of sp³-hybridized carbons (Fsp3) is 0.200. The summed E-state index contributed by atoms with van der Waals surface area (Å²) in [6.07, 6.45) is 0. The van der Waals surface area contributed by atoms with Crippen LogP contribution in [0.5, 0.6) is 0 Å². The number of aryl methyl sites for hydroxylation is 1. The van der Waals surface area contributed by atoms with Crippen molar-refractivity contribution >= 4 is 11.6 Å². The first-order valence-electron chi connectivity index (χ1n) is 4.54. The summed E-state index contributed by atoms with van der Waals surface area (Å²) in [6, 6.07) is 3.70. The smallest absolute Gasteiger partial charge is 0.261 e. The van der Waals surface area contributed by atoms with E-state index in [2.05, 4.69) is 10.1 Å². The van der Waals surface area contributed by atoms with Crippen LogP contribution >= 0.6 is 0 Å². The molecule has 2 aromatic rings. The molecule has 5 nitrogen and oxygen atoms in total. The Hall–Kier alpha value is -2.04. The number of nitrogens with two attached hydrogens (primary N) is 2. The second kappa shape index (κ2) is 3.27. The fourth-order valence-corrected chi connectivity index (χ4v) is 1.45. The van der Waals surface area contributed by atoms with Crippen molar-refractivity contribution in [1.82, 2.24) is 10.1 Å². The van der Waals surface area contributed by atoms with Gasteiger partial charge in [-0.25, -0.2) is 0 Å². The number of hydrogen-bond donors (Lipinski definition) is 2. The van der Waals surface area contributed by atoms with Crippen molar-refractivity contribution in [3.05, 3.63) is 23.3 Å². The molecule has 0 saturated heterocycles.